The predicted molar refractivity (Wildman–Crippen MR) is 131 cm³/mol. The molecule has 0 fully saturated rings. The van der Waals surface area contributed by atoms with Crippen LogP contribution < -0.4 is 15.4 Å². The van der Waals surface area contributed by atoms with E-state index in [2.05, 4.69) is 15.4 Å². The van der Waals surface area contributed by atoms with E-state index in [-0.39, 0.29) is 36.9 Å². The van der Waals surface area contributed by atoms with Crippen LogP contribution in [-0.4, -0.2) is 25.2 Å². The fourth-order valence-corrected chi connectivity index (χ4v) is 4.57. The molecular formula is C21H15ClF3N3O3S3. The van der Waals surface area contributed by atoms with Crippen LogP contribution in [0.15, 0.2) is 76.5 Å². The second kappa shape index (κ2) is 11.1. The van der Waals surface area contributed by atoms with Gasteiger partial charge in [0.2, 0.25) is 0 Å². The lowest BCUT2D eigenvalue weighted by atomic mass is 10.2. The molecule has 1 amide bonds. The van der Waals surface area contributed by atoms with Crippen molar-refractivity contribution in [2.75, 3.05) is 10.0 Å². The Morgan fingerprint density at radius 1 is 1.00 bits per heavy atom. The monoisotopic (exact) mass is 545 g/mol. The summed E-state index contributed by atoms with van der Waals surface area (Å²) in [6, 6.07) is 14.0. The van der Waals surface area contributed by atoms with Crippen LogP contribution >= 0.6 is 35.6 Å². The number of nitrogens with one attached hydrogen (secondary N) is 3. The minimum absolute atomic E-state index is 0.109. The highest BCUT2D eigenvalue weighted by atomic mass is 35.5. The molecule has 3 aromatic carbocycles. The molecule has 0 saturated heterocycles. The summed E-state index contributed by atoms with van der Waals surface area (Å²) in [7, 11) is -4.06. The molecule has 0 saturated carbocycles. The van der Waals surface area contributed by atoms with E-state index in [0.29, 0.717) is 11.8 Å². The molecule has 0 aliphatic carbocycles. The summed E-state index contributed by atoms with van der Waals surface area (Å²) in [6.45, 7) is 0. The number of rotatable bonds is 7. The van der Waals surface area contributed by atoms with E-state index < -0.39 is 27.5 Å². The Balaban J connectivity index is 1.71. The molecule has 3 aromatic rings. The maximum Gasteiger partial charge on any atom is 0.288 e. The molecule has 0 heterocycles. The average Bonchev–Trinajstić information content (AvgIpc) is 2.76. The number of sulfonamides is 1. The summed E-state index contributed by atoms with van der Waals surface area (Å²) in [5.41, 5.74) is 0.443. The smallest absolute Gasteiger partial charge is 0.288 e. The molecule has 34 heavy (non-hydrogen) atoms. The van der Waals surface area contributed by atoms with Crippen molar-refractivity contribution in [3.63, 3.8) is 0 Å². The first kappa shape index (κ1) is 25.8. The van der Waals surface area contributed by atoms with E-state index in [1.807, 2.05) is 0 Å². The van der Waals surface area contributed by atoms with Gasteiger partial charge in [0.05, 0.1) is 15.6 Å². The van der Waals surface area contributed by atoms with Crippen molar-refractivity contribution in [2.24, 2.45) is 0 Å². The lowest BCUT2D eigenvalue weighted by Crippen LogP contribution is -2.34. The molecule has 0 unspecified atom stereocenters. The molecule has 3 N–H and O–H groups in total. The van der Waals surface area contributed by atoms with Gasteiger partial charge in [-0.05, 0) is 78.9 Å². The Labute approximate surface area is 207 Å². The van der Waals surface area contributed by atoms with Crippen LogP contribution in [0.5, 0.6) is 0 Å². The van der Waals surface area contributed by atoms with Gasteiger partial charge in [0.15, 0.2) is 5.11 Å². The molecule has 13 heteroatoms. The first-order valence-electron chi connectivity index (χ1n) is 9.28. The number of amides is 1. The minimum atomic E-state index is -4.06. The van der Waals surface area contributed by atoms with E-state index in [4.69, 9.17) is 23.8 Å². The normalized spacial score (nSPS) is 11.2. The zero-order valence-corrected chi connectivity index (χ0v) is 20.1. The fourth-order valence-electron chi connectivity index (χ4n) is 2.62. The zero-order chi connectivity index (χ0) is 24.9. The standard InChI is InChI=1S/C21H15ClF3N3O3S3/c22-17-10-9-16(34(30,31)28-14-5-7-15(8-6-14)33-20(24)25)11-18(17)26-21(32)27-19(29)12-1-3-13(23)4-2-12/h1-11,20,28H,(H2,26,27,29,32). The number of benzene rings is 3. The summed E-state index contributed by atoms with van der Waals surface area (Å²) in [5.74, 6) is -3.69. The molecule has 0 spiro atoms. The maximum atomic E-state index is 13.0. The van der Waals surface area contributed by atoms with E-state index in [1.165, 1.54) is 54.6 Å². The molecular weight excluding hydrogens is 531 g/mol. The Kier molecular flexibility index (Phi) is 8.42. The minimum Gasteiger partial charge on any atom is -0.331 e. The molecule has 3 rings (SSSR count). The van der Waals surface area contributed by atoms with E-state index in [1.54, 1.807) is 0 Å². The summed E-state index contributed by atoms with van der Waals surface area (Å²) in [5, 5.41) is 5.01. The molecule has 0 aromatic heterocycles. The number of thioether (sulfide) groups is 1. The maximum absolute atomic E-state index is 13.0. The highest BCUT2D eigenvalue weighted by molar-refractivity contribution is 7.99. The number of alkyl halides is 2. The molecule has 0 atom stereocenters. The number of hydrogen-bond donors (Lipinski definition) is 3. The van der Waals surface area contributed by atoms with Gasteiger partial charge in [0.25, 0.3) is 21.7 Å². The third-order valence-electron chi connectivity index (χ3n) is 4.16. The number of thiocarbonyl (C=S) groups is 1. The van der Waals surface area contributed by atoms with Gasteiger partial charge in [-0.25, -0.2) is 12.8 Å². The quantitative estimate of drug-likeness (QED) is 0.260. The topological polar surface area (TPSA) is 87.3 Å². The molecule has 6 nitrogen and oxygen atoms in total. The number of halogens is 4. The van der Waals surface area contributed by atoms with E-state index in [9.17, 15) is 26.4 Å². The van der Waals surface area contributed by atoms with Gasteiger partial charge in [-0.2, -0.15) is 8.78 Å². The Morgan fingerprint density at radius 2 is 1.65 bits per heavy atom. The van der Waals surface area contributed by atoms with Gasteiger partial charge in [0.1, 0.15) is 5.82 Å². The number of anilines is 2. The predicted octanol–water partition coefficient (Wildman–Crippen LogP) is 5.72. The van der Waals surface area contributed by atoms with Gasteiger partial charge in [0, 0.05) is 16.1 Å². The second-order valence-electron chi connectivity index (χ2n) is 6.57. The van der Waals surface area contributed by atoms with Crippen molar-refractivity contribution in [3.05, 3.63) is 83.1 Å². The second-order valence-corrected chi connectivity index (χ2v) is 10.1. The van der Waals surface area contributed by atoms with Crippen molar-refractivity contribution in [1.29, 1.82) is 0 Å². The largest absolute Gasteiger partial charge is 0.331 e. The molecule has 0 radical (unpaired) electrons. The van der Waals surface area contributed by atoms with Crippen molar-refractivity contribution in [3.8, 4) is 0 Å². The lowest BCUT2D eigenvalue weighted by Gasteiger charge is -2.13. The lowest BCUT2D eigenvalue weighted by molar-refractivity contribution is 0.0977. The average molecular weight is 546 g/mol. The molecule has 178 valence electrons. The third kappa shape index (κ3) is 7.10. The van der Waals surface area contributed by atoms with Crippen LogP contribution in [0, 0.1) is 5.82 Å². The first-order chi connectivity index (χ1) is 16.0. The van der Waals surface area contributed by atoms with Gasteiger partial charge in [-0.3, -0.25) is 14.8 Å². The van der Waals surface area contributed by atoms with Crippen molar-refractivity contribution >= 4 is 68.0 Å². The fraction of sp³-hybridized carbons (Fsp3) is 0.0476. The molecule has 0 aliphatic heterocycles. The number of hydrogen-bond acceptors (Lipinski definition) is 5. The molecule has 0 bridgehead atoms. The van der Waals surface area contributed by atoms with Crippen LogP contribution in [0.25, 0.3) is 0 Å². The Morgan fingerprint density at radius 3 is 2.26 bits per heavy atom. The third-order valence-corrected chi connectivity index (χ3v) is 6.80. The van der Waals surface area contributed by atoms with Crippen LogP contribution in [0.1, 0.15) is 10.4 Å². The summed E-state index contributed by atoms with van der Waals surface area (Å²) < 4.78 is 65.8. The highest BCUT2D eigenvalue weighted by Gasteiger charge is 2.17. The Bertz CT molecular complexity index is 1310. The summed E-state index contributed by atoms with van der Waals surface area (Å²) >= 11 is 11.6. The van der Waals surface area contributed by atoms with Crippen LogP contribution in [0.3, 0.4) is 0 Å². The SMILES string of the molecule is O=C(NC(=S)Nc1cc(S(=O)(=O)Nc2ccc(SC(F)F)cc2)ccc1Cl)c1ccc(F)cc1. The molecule has 0 aliphatic rings. The van der Waals surface area contributed by atoms with Crippen molar-refractivity contribution in [2.45, 2.75) is 15.5 Å². The van der Waals surface area contributed by atoms with E-state index in [0.717, 1.165) is 12.1 Å². The van der Waals surface area contributed by atoms with E-state index >= 15 is 0 Å². The summed E-state index contributed by atoms with van der Waals surface area (Å²) in [6.07, 6.45) is 0. The van der Waals surface area contributed by atoms with Gasteiger partial charge in [-0.15, -0.1) is 0 Å². The summed E-state index contributed by atoms with van der Waals surface area (Å²) in [4.78, 5) is 12.3. The number of carbonyl (C=O) groups is 1. The van der Waals surface area contributed by atoms with Crippen LogP contribution in [-0.2, 0) is 10.0 Å². The van der Waals surface area contributed by atoms with Gasteiger partial charge in [-0.1, -0.05) is 23.4 Å². The highest BCUT2D eigenvalue weighted by Crippen LogP contribution is 2.29. The van der Waals surface area contributed by atoms with Crippen LogP contribution in [0.4, 0.5) is 24.5 Å². The Hall–Kier alpha value is -2.80. The first-order valence-corrected chi connectivity index (χ1v) is 12.4. The van der Waals surface area contributed by atoms with Crippen molar-refractivity contribution in [1.82, 2.24) is 5.32 Å². The number of carbonyl (C=O) groups excluding carboxylic acids is 1. The van der Waals surface area contributed by atoms with Gasteiger partial charge >= 0.3 is 0 Å². The van der Waals surface area contributed by atoms with Gasteiger partial charge < -0.3 is 5.32 Å². The van der Waals surface area contributed by atoms with Crippen molar-refractivity contribution < 1.29 is 26.4 Å². The zero-order valence-electron chi connectivity index (χ0n) is 16.9. The van der Waals surface area contributed by atoms with Crippen LogP contribution in [0.2, 0.25) is 5.02 Å².